The van der Waals surface area contributed by atoms with E-state index in [-0.39, 0.29) is 5.92 Å². The van der Waals surface area contributed by atoms with Crippen LogP contribution in [0.3, 0.4) is 0 Å². The van der Waals surface area contributed by atoms with Gasteiger partial charge >= 0.3 is 0 Å². The van der Waals surface area contributed by atoms with Crippen LogP contribution in [-0.4, -0.2) is 51.2 Å². The molecule has 0 aliphatic carbocycles. The van der Waals surface area contributed by atoms with Gasteiger partial charge in [0.1, 0.15) is 6.07 Å². The molecule has 3 heterocycles. The van der Waals surface area contributed by atoms with Crippen LogP contribution in [0.15, 0.2) is 16.9 Å². The summed E-state index contributed by atoms with van der Waals surface area (Å²) in [7, 11) is 2.06. The van der Waals surface area contributed by atoms with Gasteiger partial charge in [-0.2, -0.15) is 10.2 Å². The Balaban J connectivity index is 1.63. The molecule has 0 spiro atoms. The molecule has 1 atom stereocenters. The lowest BCUT2D eigenvalue weighted by Gasteiger charge is -2.23. The zero-order chi connectivity index (χ0) is 17.1. The lowest BCUT2D eigenvalue weighted by molar-refractivity contribution is 0.240. The molecule has 1 saturated heterocycles. The van der Waals surface area contributed by atoms with Crippen molar-refractivity contribution in [3.63, 3.8) is 0 Å². The van der Waals surface area contributed by atoms with E-state index in [2.05, 4.69) is 43.0 Å². The third-order valence-corrected chi connectivity index (χ3v) is 4.24. The predicted molar refractivity (Wildman–Crippen MR) is 87.2 cm³/mol. The molecule has 1 fully saturated rings. The summed E-state index contributed by atoms with van der Waals surface area (Å²) in [5.41, 5.74) is 0.376. The van der Waals surface area contributed by atoms with Crippen LogP contribution in [0.4, 0.5) is 5.82 Å². The molecule has 0 aromatic carbocycles. The highest BCUT2D eigenvalue weighted by molar-refractivity contribution is 5.50. The fourth-order valence-corrected chi connectivity index (χ4v) is 2.85. The number of hydrogen-bond donors (Lipinski definition) is 0. The maximum atomic E-state index is 9.18. The van der Waals surface area contributed by atoms with Gasteiger partial charge in [-0.25, -0.2) is 9.97 Å². The molecule has 3 rings (SSSR count). The molecular weight excluding hydrogens is 306 g/mol. The highest BCUT2D eigenvalue weighted by atomic mass is 16.5. The average Bonchev–Trinajstić information content (AvgIpc) is 3.24. The number of rotatable bonds is 5. The Hall–Kier alpha value is -2.53. The summed E-state index contributed by atoms with van der Waals surface area (Å²) in [4.78, 5) is 17.2. The van der Waals surface area contributed by atoms with Crippen LogP contribution >= 0.6 is 0 Å². The van der Waals surface area contributed by atoms with Crippen molar-refractivity contribution in [2.45, 2.75) is 38.8 Å². The second kappa shape index (κ2) is 6.93. The van der Waals surface area contributed by atoms with Gasteiger partial charge in [0.2, 0.25) is 5.89 Å². The number of hydrogen-bond acceptors (Lipinski definition) is 8. The lowest BCUT2D eigenvalue weighted by atomic mass is 10.2. The molecule has 126 valence electrons. The standard InChI is InChI=1S/C16H21N7O/c1-11(2)16-20-14(21-24-16)10-22(3)12-4-7-23(9-12)15-13(8-17)18-5-6-19-15/h5-6,11-12H,4,7,9-10H2,1-3H3. The van der Waals surface area contributed by atoms with Crippen LogP contribution < -0.4 is 4.90 Å². The minimum atomic E-state index is 0.236. The first kappa shape index (κ1) is 16.3. The number of nitrogens with zero attached hydrogens (tertiary/aromatic N) is 7. The molecule has 8 nitrogen and oxygen atoms in total. The quantitative estimate of drug-likeness (QED) is 0.816. The first-order valence-corrected chi connectivity index (χ1v) is 8.07. The van der Waals surface area contributed by atoms with Gasteiger partial charge < -0.3 is 9.42 Å². The third kappa shape index (κ3) is 3.36. The highest BCUT2D eigenvalue weighted by Gasteiger charge is 2.29. The van der Waals surface area contributed by atoms with E-state index in [0.717, 1.165) is 19.5 Å². The largest absolute Gasteiger partial charge is 0.353 e. The zero-order valence-electron chi connectivity index (χ0n) is 14.2. The van der Waals surface area contributed by atoms with E-state index in [4.69, 9.17) is 4.52 Å². The van der Waals surface area contributed by atoms with E-state index < -0.39 is 0 Å². The Morgan fingerprint density at radius 2 is 2.21 bits per heavy atom. The van der Waals surface area contributed by atoms with Crippen molar-refractivity contribution in [1.29, 1.82) is 5.26 Å². The molecule has 8 heteroatoms. The van der Waals surface area contributed by atoms with E-state index in [0.29, 0.717) is 35.8 Å². The third-order valence-electron chi connectivity index (χ3n) is 4.24. The molecular formula is C16H21N7O. The number of likely N-dealkylation sites (N-methyl/N-ethyl adjacent to an activating group) is 1. The second-order valence-corrected chi connectivity index (χ2v) is 6.35. The number of anilines is 1. The van der Waals surface area contributed by atoms with Crippen LogP contribution in [0.5, 0.6) is 0 Å². The minimum Gasteiger partial charge on any atom is -0.353 e. The maximum Gasteiger partial charge on any atom is 0.229 e. The van der Waals surface area contributed by atoms with Crippen molar-refractivity contribution in [2.75, 3.05) is 25.0 Å². The van der Waals surface area contributed by atoms with Crippen molar-refractivity contribution in [3.05, 3.63) is 29.8 Å². The van der Waals surface area contributed by atoms with Gasteiger partial charge in [-0.1, -0.05) is 19.0 Å². The van der Waals surface area contributed by atoms with Gasteiger partial charge in [-0.15, -0.1) is 0 Å². The molecule has 2 aromatic heterocycles. The topological polar surface area (TPSA) is 95.0 Å². The smallest absolute Gasteiger partial charge is 0.229 e. The van der Waals surface area contributed by atoms with Crippen LogP contribution in [0.1, 0.15) is 43.6 Å². The average molecular weight is 327 g/mol. The fraction of sp³-hybridized carbons (Fsp3) is 0.562. The summed E-state index contributed by atoms with van der Waals surface area (Å²) in [6, 6.07) is 2.46. The van der Waals surface area contributed by atoms with Gasteiger partial charge in [0.15, 0.2) is 17.3 Å². The summed E-state index contributed by atoms with van der Waals surface area (Å²) < 4.78 is 5.26. The first-order valence-electron chi connectivity index (χ1n) is 8.07. The van der Waals surface area contributed by atoms with Crippen LogP contribution in [-0.2, 0) is 6.54 Å². The fourth-order valence-electron chi connectivity index (χ4n) is 2.85. The molecule has 0 saturated carbocycles. The van der Waals surface area contributed by atoms with Gasteiger partial charge in [0.05, 0.1) is 6.54 Å². The summed E-state index contributed by atoms with van der Waals surface area (Å²) in [5, 5.41) is 13.2. The van der Waals surface area contributed by atoms with Gasteiger partial charge in [-0.05, 0) is 13.5 Å². The van der Waals surface area contributed by atoms with E-state index in [1.54, 1.807) is 12.4 Å². The van der Waals surface area contributed by atoms with Crippen molar-refractivity contribution in [3.8, 4) is 6.07 Å². The minimum absolute atomic E-state index is 0.236. The summed E-state index contributed by atoms with van der Waals surface area (Å²) in [6.45, 7) is 6.36. The van der Waals surface area contributed by atoms with Gasteiger partial charge in [-0.3, -0.25) is 4.90 Å². The predicted octanol–water partition coefficient (Wildman–Crippen LogP) is 1.57. The number of nitriles is 1. The van der Waals surface area contributed by atoms with Gasteiger partial charge in [0, 0.05) is 37.4 Å². The monoisotopic (exact) mass is 327 g/mol. The Morgan fingerprint density at radius 3 is 2.92 bits per heavy atom. The summed E-state index contributed by atoms with van der Waals surface area (Å²) >= 11 is 0. The maximum absolute atomic E-state index is 9.18. The first-order chi connectivity index (χ1) is 11.6. The molecule has 2 aromatic rings. The van der Waals surface area contributed by atoms with Crippen molar-refractivity contribution in [2.24, 2.45) is 0 Å². The zero-order valence-corrected chi connectivity index (χ0v) is 14.2. The Bertz CT molecular complexity index is 736. The molecule has 24 heavy (non-hydrogen) atoms. The van der Waals surface area contributed by atoms with Crippen molar-refractivity contribution < 1.29 is 4.52 Å². The molecule has 1 aliphatic rings. The van der Waals surface area contributed by atoms with E-state index in [1.807, 2.05) is 13.8 Å². The van der Waals surface area contributed by atoms with Crippen LogP contribution in [0.25, 0.3) is 0 Å². The van der Waals surface area contributed by atoms with Crippen molar-refractivity contribution >= 4 is 5.82 Å². The molecule has 0 radical (unpaired) electrons. The van der Waals surface area contributed by atoms with E-state index >= 15 is 0 Å². The Kier molecular flexibility index (Phi) is 4.71. The SMILES string of the molecule is CC(C)c1nc(CN(C)C2CCN(c3nccnc3C#N)C2)no1. The summed E-state index contributed by atoms with van der Waals surface area (Å²) in [6.07, 6.45) is 4.16. The molecule has 1 unspecified atom stereocenters. The number of aromatic nitrogens is 4. The Morgan fingerprint density at radius 1 is 1.42 bits per heavy atom. The van der Waals surface area contributed by atoms with Crippen LogP contribution in [0, 0.1) is 11.3 Å². The molecule has 0 amide bonds. The van der Waals surface area contributed by atoms with Crippen molar-refractivity contribution in [1.82, 2.24) is 25.0 Å². The normalized spacial score (nSPS) is 17.7. The highest BCUT2D eigenvalue weighted by Crippen LogP contribution is 2.23. The van der Waals surface area contributed by atoms with E-state index in [1.165, 1.54) is 0 Å². The molecule has 1 aliphatic heterocycles. The van der Waals surface area contributed by atoms with E-state index in [9.17, 15) is 5.26 Å². The molecule has 0 N–H and O–H groups in total. The second-order valence-electron chi connectivity index (χ2n) is 6.35. The van der Waals surface area contributed by atoms with Gasteiger partial charge in [0.25, 0.3) is 0 Å². The lowest BCUT2D eigenvalue weighted by Crippen LogP contribution is -2.34. The van der Waals surface area contributed by atoms with Crippen LogP contribution in [0.2, 0.25) is 0 Å². The Labute approximate surface area is 141 Å². The molecule has 0 bridgehead atoms. The summed E-state index contributed by atoms with van der Waals surface area (Å²) in [5.74, 6) is 2.28.